The lowest BCUT2D eigenvalue weighted by Gasteiger charge is -2.11. The predicted octanol–water partition coefficient (Wildman–Crippen LogP) is 1.12. The van der Waals surface area contributed by atoms with Crippen LogP contribution in [0.2, 0.25) is 0 Å². The van der Waals surface area contributed by atoms with E-state index in [1.165, 1.54) is 24.3 Å². The maximum atomic E-state index is 12.4. The van der Waals surface area contributed by atoms with E-state index in [4.69, 9.17) is 4.74 Å². The molecule has 10 heteroatoms. The number of benzene rings is 1. The Bertz CT molecular complexity index is 1110. The first-order valence-electron chi connectivity index (χ1n) is 9.31. The number of hydrogen-bond acceptors (Lipinski definition) is 6. The topological polar surface area (TPSA) is 115 Å². The second-order valence-corrected chi connectivity index (χ2v) is 8.51. The average molecular weight is 415 g/mol. The van der Waals surface area contributed by atoms with Gasteiger partial charge in [0.15, 0.2) is 11.5 Å². The predicted molar refractivity (Wildman–Crippen MR) is 105 cm³/mol. The van der Waals surface area contributed by atoms with Crippen LogP contribution in [0.1, 0.15) is 29.0 Å². The van der Waals surface area contributed by atoms with Gasteiger partial charge in [-0.2, -0.15) is 0 Å². The quantitative estimate of drug-likeness (QED) is 0.598. The second-order valence-electron chi connectivity index (χ2n) is 6.74. The maximum absolute atomic E-state index is 12.4. The molecule has 1 aliphatic rings. The first kappa shape index (κ1) is 19.5. The summed E-state index contributed by atoms with van der Waals surface area (Å²) in [6.07, 6.45) is 3.53. The summed E-state index contributed by atoms with van der Waals surface area (Å²) < 4.78 is 34.6. The Morgan fingerprint density at radius 2 is 2.00 bits per heavy atom. The van der Waals surface area contributed by atoms with Gasteiger partial charge in [0.2, 0.25) is 10.0 Å². The number of hydrogen-bond donors (Lipinski definition) is 2. The van der Waals surface area contributed by atoms with Crippen molar-refractivity contribution in [3.63, 3.8) is 0 Å². The second kappa shape index (κ2) is 8.27. The molecule has 0 unspecified atom stereocenters. The summed E-state index contributed by atoms with van der Waals surface area (Å²) in [5.74, 6) is 0.278. The Morgan fingerprint density at radius 3 is 2.76 bits per heavy atom. The van der Waals surface area contributed by atoms with Crippen LogP contribution in [0.25, 0.3) is 5.65 Å². The number of fused-ring (bicyclic) bond motifs is 1. The van der Waals surface area contributed by atoms with E-state index in [-0.39, 0.29) is 30.0 Å². The van der Waals surface area contributed by atoms with E-state index < -0.39 is 10.0 Å². The van der Waals surface area contributed by atoms with Crippen LogP contribution in [0.15, 0.2) is 53.6 Å². The minimum absolute atomic E-state index is 0.0805. The molecular formula is C19H21N5O4S. The Labute approximate surface area is 168 Å². The van der Waals surface area contributed by atoms with Gasteiger partial charge in [-0.3, -0.25) is 9.20 Å². The number of ether oxygens (including phenoxy) is 1. The lowest BCUT2D eigenvalue weighted by Crippen LogP contribution is -2.31. The largest absolute Gasteiger partial charge is 0.377 e. The van der Waals surface area contributed by atoms with Gasteiger partial charge in [-0.25, -0.2) is 13.1 Å². The van der Waals surface area contributed by atoms with E-state index in [0.717, 1.165) is 12.8 Å². The highest BCUT2D eigenvalue weighted by Gasteiger charge is 2.20. The van der Waals surface area contributed by atoms with Gasteiger partial charge in [0.25, 0.3) is 5.91 Å². The van der Waals surface area contributed by atoms with E-state index in [1.807, 2.05) is 24.4 Å². The van der Waals surface area contributed by atoms with Crippen molar-refractivity contribution in [2.45, 2.75) is 30.4 Å². The van der Waals surface area contributed by atoms with Crippen LogP contribution in [0.3, 0.4) is 0 Å². The van der Waals surface area contributed by atoms with E-state index in [9.17, 15) is 13.2 Å². The van der Waals surface area contributed by atoms with Crippen LogP contribution in [0.5, 0.6) is 0 Å². The van der Waals surface area contributed by atoms with Crippen molar-refractivity contribution in [1.29, 1.82) is 0 Å². The molecular weight excluding hydrogens is 394 g/mol. The Morgan fingerprint density at radius 1 is 1.17 bits per heavy atom. The molecule has 152 valence electrons. The van der Waals surface area contributed by atoms with Gasteiger partial charge in [0.05, 0.1) is 17.5 Å². The number of carbonyl (C=O) groups is 1. The first-order valence-corrected chi connectivity index (χ1v) is 10.8. The average Bonchev–Trinajstić information content (AvgIpc) is 3.41. The maximum Gasteiger partial charge on any atom is 0.251 e. The molecule has 1 saturated heterocycles. The van der Waals surface area contributed by atoms with Gasteiger partial charge in [0, 0.05) is 24.9 Å². The summed E-state index contributed by atoms with van der Waals surface area (Å²) in [6.45, 7) is 1.12. The van der Waals surface area contributed by atoms with E-state index >= 15 is 0 Å². The SMILES string of the molecule is O=C(NCc1nnc2ccccn12)c1ccc(S(=O)(=O)NC[C@H]2CCCO2)cc1. The summed E-state index contributed by atoms with van der Waals surface area (Å²) in [7, 11) is -3.65. The van der Waals surface area contributed by atoms with Crippen LogP contribution >= 0.6 is 0 Å². The summed E-state index contributed by atoms with van der Waals surface area (Å²) in [5, 5.41) is 10.9. The minimum Gasteiger partial charge on any atom is -0.377 e. The molecule has 1 fully saturated rings. The van der Waals surface area contributed by atoms with Crippen LogP contribution in [0, 0.1) is 0 Å². The number of aromatic nitrogens is 3. The summed E-state index contributed by atoms with van der Waals surface area (Å²) in [5.41, 5.74) is 1.05. The molecule has 2 N–H and O–H groups in total. The molecule has 0 radical (unpaired) electrons. The molecule has 9 nitrogen and oxygen atoms in total. The third kappa shape index (κ3) is 4.44. The molecule has 3 heterocycles. The molecule has 1 aromatic carbocycles. The van der Waals surface area contributed by atoms with Crippen molar-refractivity contribution in [3.8, 4) is 0 Å². The van der Waals surface area contributed by atoms with Crippen molar-refractivity contribution in [1.82, 2.24) is 24.6 Å². The highest BCUT2D eigenvalue weighted by molar-refractivity contribution is 7.89. The lowest BCUT2D eigenvalue weighted by molar-refractivity contribution is 0.0949. The molecule has 29 heavy (non-hydrogen) atoms. The summed E-state index contributed by atoms with van der Waals surface area (Å²) in [6, 6.07) is 11.3. The van der Waals surface area contributed by atoms with Crippen LogP contribution in [-0.4, -0.2) is 48.2 Å². The fraction of sp³-hybridized carbons (Fsp3) is 0.316. The zero-order chi connectivity index (χ0) is 20.3. The minimum atomic E-state index is -3.65. The molecule has 0 bridgehead atoms. The number of sulfonamides is 1. The van der Waals surface area contributed by atoms with E-state index in [0.29, 0.717) is 23.6 Å². The molecule has 4 rings (SSSR count). The van der Waals surface area contributed by atoms with Crippen molar-refractivity contribution in [2.75, 3.05) is 13.2 Å². The van der Waals surface area contributed by atoms with Crippen LogP contribution < -0.4 is 10.0 Å². The van der Waals surface area contributed by atoms with Crippen LogP contribution in [0.4, 0.5) is 0 Å². The van der Waals surface area contributed by atoms with Gasteiger partial charge in [-0.15, -0.1) is 10.2 Å². The van der Waals surface area contributed by atoms with Gasteiger partial charge < -0.3 is 10.1 Å². The normalized spacial score (nSPS) is 16.9. The number of rotatable bonds is 7. The highest BCUT2D eigenvalue weighted by Crippen LogP contribution is 2.14. The fourth-order valence-electron chi connectivity index (χ4n) is 3.15. The van der Waals surface area contributed by atoms with Crippen LogP contribution in [-0.2, 0) is 21.3 Å². The van der Waals surface area contributed by atoms with E-state index in [1.54, 1.807) is 4.40 Å². The molecule has 1 aliphatic heterocycles. The number of nitrogens with zero attached hydrogens (tertiary/aromatic N) is 3. The number of pyridine rings is 1. The number of amides is 1. The Kier molecular flexibility index (Phi) is 5.56. The van der Waals surface area contributed by atoms with Gasteiger partial charge in [-0.1, -0.05) is 6.07 Å². The van der Waals surface area contributed by atoms with Crippen molar-refractivity contribution in [3.05, 3.63) is 60.0 Å². The standard InChI is InChI=1S/C19H21N5O4S/c25-19(20-13-18-23-22-17-5-1-2-10-24(17)18)14-6-8-16(9-7-14)29(26,27)21-12-15-4-3-11-28-15/h1-2,5-10,15,21H,3-4,11-13H2,(H,20,25)/t15-/m1/s1. The Hall–Kier alpha value is -2.82. The monoisotopic (exact) mass is 415 g/mol. The summed E-state index contributed by atoms with van der Waals surface area (Å²) >= 11 is 0. The third-order valence-electron chi connectivity index (χ3n) is 4.74. The van der Waals surface area contributed by atoms with Gasteiger partial charge in [0.1, 0.15) is 0 Å². The molecule has 0 saturated carbocycles. The molecule has 1 amide bonds. The summed E-state index contributed by atoms with van der Waals surface area (Å²) in [4.78, 5) is 12.5. The molecule has 1 atom stereocenters. The van der Waals surface area contributed by atoms with Crippen molar-refractivity contribution >= 4 is 21.6 Å². The zero-order valence-electron chi connectivity index (χ0n) is 15.6. The van der Waals surface area contributed by atoms with Gasteiger partial charge >= 0.3 is 0 Å². The zero-order valence-corrected chi connectivity index (χ0v) is 16.4. The molecule has 0 aliphatic carbocycles. The lowest BCUT2D eigenvalue weighted by atomic mass is 10.2. The first-order chi connectivity index (χ1) is 14.0. The smallest absolute Gasteiger partial charge is 0.251 e. The van der Waals surface area contributed by atoms with Crippen molar-refractivity contribution < 1.29 is 17.9 Å². The van der Waals surface area contributed by atoms with Gasteiger partial charge in [-0.05, 0) is 49.2 Å². The van der Waals surface area contributed by atoms with E-state index in [2.05, 4.69) is 20.2 Å². The fourth-order valence-corrected chi connectivity index (χ4v) is 4.22. The highest BCUT2D eigenvalue weighted by atomic mass is 32.2. The molecule has 0 spiro atoms. The number of nitrogens with one attached hydrogen (secondary N) is 2. The Balaban J connectivity index is 1.37. The molecule has 3 aromatic rings. The number of carbonyl (C=O) groups excluding carboxylic acids is 1. The molecule has 2 aromatic heterocycles. The third-order valence-corrected chi connectivity index (χ3v) is 6.18. The van der Waals surface area contributed by atoms with Crippen molar-refractivity contribution in [2.24, 2.45) is 0 Å².